The summed E-state index contributed by atoms with van der Waals surface area (Å²) in [5.74, 6) is 0.651. The minimum Gasteiger partial charge on any atom is -0.342 e. The number of nitrogens with one attached hydrogen (secondary N) is 1. The van der Waals surface area contributed by atoms with E-state index in [2.05, 4.69) is 4.98 Å². The molecule has 0 saturated heterocycles. The Balaban J connectivity index is 1.64. The van der Waals surface area contributed by atoms with Gasteiger partial charge < -0.3 is 4.98 Å². The lowest BCUT2D eigenvalue weighted by Gasteiger charge is -2.34. The van der Waals surface area contributed by atoms with Crippen LogP contribution >= 0.6 is 23.2 Å². The molecule has 2 aromatic carbocycles. The first-order valence-electron chi connectivity index (χ1n) is 9.74. The Morgan fingerprint density at radius 2 is 1.77 bits per heavy atom. The highest BCUT2D eigenvalue weighted by Crippen LogP contribution is 2.51. The molecule has 0 spiro atoms. The standard InChI is InChI=1S/C23H22Cl2N2O2S/c1-3-30(28,29)17-11-9-15(10-12-17)13-20-26-19-14-18(24)21(16-7-5-4-6-8-16)23(2,25)22(19)27-20/h4-12,14,21H,3,13H2,1-2H3,(H,26,27). The van der Waals surface area contributed by atoms with Crippen molar-refractivity contribution in [3.63, 3.8) is 0 Å². The van der Waals surface area contributed by atoms with E-state index in [4.69, 9.17) is 28.2 Å². The molecule has 156 valence electrons. The summed E-state index contributed by atoms with van der Waals surface area (Å²) in [5.41, 5.74) is 3.58. The third-order valence-corrected chi connectivity index (χ3v) is 7.99. The first-order chi connectivity index (χ1) is 14.2. The highest BCUT2D eigenvalue weighted by atomic mass is 35.5. The molecule has 1 aliphatic rings. The van der Waals surface area contributed by atoms with Crippen molar-refractivity contribution in [2.24, 2.45) is 0 Å². The zero-order valence-corrected chi connectivity index (χ0v) is 19.0. The van der Waals surface area contributed by atoms with Crippen LogP contribution in [0.4, 0.5) is 0 Å². The third-order valence-electron chi connectivity index (χ3n) is 5.51. The topological polar surface area (TPSA) is 62.8 Å². The monoisotopic (exact) mass is 460 g/mol. The number of sulfone groups is 1. The molecule has 30 heavy (non-hydrogen) atoms. The van der Waals surface area contributed by atoms with Crippen LogP contribution in [0, 0.1) is 0 Å². The van der Waals surface area contributed by atoms with Crippen molar-refractivity contribution in [2.45, 2.75) is 36.0 Å². The van der Waals surface area contributed by atoms with Crippen LogP contribution in [0.25, 0.3) is 6.08 Å². The Kier molecular flexibility index (Phi) is 5.56. The number of aromatic nitrogens is 2. The smallest absolute Gasteiger partial charge is 0.178 e. The normalized spacial score (nSPS) is 21.2. The van der Waals surface area contributed by atoms with E-state index in [9.17, 15) is 8.42 Å². The van der Waals surface area contributed by atoms with Gasteiger partial charge in [-0.2, -0.15) is 0 Å². The van der Waals surface area contributed by atoms with Crippen LogP contribution in [0.2, 0.25) is 0 Å². The molecule has 0 saturated carbocycles. The van der Waals surface area contributed by atoms with Crippen LogP contribution in [0.15, 0.2) is 64.5 Å². The molecule has 0 bridgehead atoms. The van der Waals surface area contributed by atoms with Gasteiger partial charge in [-0.1, -0.05) is 61.0 Å². The molecule has 1 aliphatic carbocycles. The van der Waals surface area contributed by atoms with E-state index in [0.29, 0.717) is 16.3 Å². The van der Waals surface area contributed by atoms with Gasteiger partial charge in [-0.15, -0.1) is 11.6 Å². The molecule has 0 fully saturated rings. The molecule has 3 aromatic rings. The average Bonchev–Trinajstić information content (AvgIpc) is 3.12. The largest absolute Gasteiger partial charge is 0.342 e. The van der Waals surface area contributed by atoms with Gasteiger partial charge in [0.05, 0.1) is 26.9 Å². The maximum absolute atomic E-state index is 12.0. The Hall–Kier alpha value is -2.08. The van der Waals surface area contributed by atoms with Crippen LogP contribution < -0.4 is 0 Å². The molecule has 7 heteroatoms. The summed E-state index contributed by atoms with van der Waals surface area (Å²) < 4.78 is 24.0. The summed E-state index contributed by atoms with van der Waals surface area (Å²) in [6, 6.07) is 16.9. The summed E-state index contributed by atoms with van der Waals surface area (Å²) in [5, 5.41) is 0.663. The van der Waals surface area contributed by atoms with Gasteiger partial charge in [0, 0.05) is 17.4 Å². The number of hydrogen-bond acceptors (Lipinski definition) is 3. The van der Waals surface area contributed by atoms with E-state index in [1.54, 1.807) is 19.1 Å². The number of H-pyrrole nitrogens is 1. The molecule has 1 heterocycles. The predicted molar refractivity (Wildman–Crippen MR) is 122 cm³/mol. The maximum Gasteiger partial charge on any atom is 0.178 e. The summed E-state index contributed by atoms with van der Waals surface area (Å²) >= 11 is 13.7. The van der Waals surface area contributed by atoms with Crippen LogP contribution in [0.3, 0.4) is 0 Å². The van der Waals surface area contributed by atoms with E-state index in [0.717, 1.165) is 28.3 Å². The highest BCUT2D eigenvalue weighted by molar-refractivity contribution is 7.91. The van der Waals surface area contributed by atoms with Crippen molar-refractivity contribution in [1.82, 2.24) is 9.97 Å². The maximum atomic E-state index is 12.0. The number of fused-ring (bicyclic) bond motifs is 1. The molecule has 2 unspecified atom stereocenters. The second-order valence-corrected chi connectivity index (χ2v) is 11.1. The fourth-order valence-corrected chi connectivity index (χ4v) is 5.69. The highest BCUT2D eigenvalue weighted by Gasteiger charge is 2.43. The Morgan fingerprint density at radius 1 is 1.10 bits per heavy atom. The van der Waals surface area contributed by atoms with Crippen molar-refractivity contribution in [3.05, 3.63) is 88.0 Å². The Morgan fingerprint density at radius 3 is 2.40 bits per heavy atom. The zero-order valence-electron chi connectivity index (χ0n) is 16.7. The van der Waals surface area contributed by atoms with E-state index in [-0.39, 0.29) is 11.7 Å². The Bertz CT molecular complexity index is 1200. The van der Waals surface area contributed by atoms with Crippen LogP contribution in [-0.4, -0.2) is 24.1 Å². The van der Waals surface area contributed by atoms with Crippen molar-refractivity contribution in [1.29, 1.82) is 0 Å². The van der Waals surface area contributed by atoms with E-state index in [1.807, 2.05) is 55.5 Å². The van der Waals surface area contributed by atoms with Crippen molar-refractivity contribution in [2.75, 3.05) is 5.75 Å². The Labute approximate surface area is 186 Å². The number of halogens is 2. The number of rotatable bonds is 5. The van der Waals surface area contributed by atoms with E-state index >= 15 is 0 Å². The van der Waals surface area contributed by atoms with Crippen molar-refractivity contribution >= 4 is 39.1 Å². The van der Waals surface area contributed by atoms with Gasteiger partial charge in [-0.3, -0.25) is 0 Å². The molecule has 1 aromatic heterocycles. The fraction of sp³-hybridized carbons (Fsp3) is 0.261. The fourth-order valence-electron chi connectivity index (χ4n) is 3.91. The summed E-state index contributed by atoms with van der Waals surface area (Å²) in [7, 11) is -3.21. The lowest BCUT2D eigenvalue weighted by atomic mass is 9.80. The summed E-state index contributed by atoms with van der Waals surface area (Å²) in [6.45, 7) is 3.58. The van der Waals surface area contributed by atoms with Gasteiger partial charge in [0.15, 0.2) is 9.84 Å². The lowest BCUT2D eigenvalue weighted by Crippen LogP contribution is -2.28. The number of aromatic amines is 1. The minimum absolute atomic E-state index is 0.0846. The van der Waals surface area contributed by atoms with Crippen molar-refractivity contribution in [3.8, 4) is 0 Å². The number of imidazole rings is 1. The molecular weight excluding hydrogens is 439 g/mol. The quantitative estimate of drug-likeness (QED) is 0.502. The molecule has 2 atom stereocenters. The van der Waals surface area contributed by atoms with Crippen LogP contribution in [-0.2, 0) is 21.1 Å². The average molecular weight is 461 g/mol. The number of allylic oxidation sites excluding steroid dienone is 1. The molecule has 1 N–H and O–H groups in total. The van der Waals surface area contributed by atoms with Gasteiger partial charge in [0.25, 0.3) is 0 Å². The molecule has 4 rings (SSSR count). The van der Waals surface area contributed by atoms with Crippen LogP contribution in [0.5, 0.6) is 0 Å². The number of nitrogens with zero attached hydrogens (tertiary/aromatic N) is 1. The lowest BCUT2D eigenvalue weighted by molar-refractivity contribution is 0.571. The second kappa shape index (κ2) is 7.88. The molecule has 0 amide bonds. The van der Waals surface area contributed by atoms with E-state index in [1.165, 1.54) is 0 Å². The van der Waals surface area contributed by atoms with E-state index < -0.39 is 14.7 Å². The summed E-state index contributed by atoms with van der Waals surface area (Å²) in [4.78, 5) is 7.65. The molecule has 0 aliphatic heterocycles. The number of hydrogen-bond donors (Lipinski definition) is 1. The van der Waals surface area contributed by atoms with Gasteiger partial charge in [-0.05, 0) is 36.3 Å². The first kappa shape index (κ1) is 21.2. The van der Waals surface area contributed by atoms with Gasteiger partial charge >= 0.3 is 0 Å². The molecular formula is C23H22Cl2N2O2S. The van der Waals surface area contributed by atoms with Gasteiger partial charge in [0.1, 0.15) is 5.82 Å². The minimum atomic E-state index is -3.21. The molecule has 0 radical (unpaired) electrons. The molecule has 4 nitrogen and oxygen atoms in total. The number of alkyl halides is 1. The summed E-state index contributed by atoms with van der Waals surface area (Å²) in [6.07, 6.45) is 2.43. The van der Waals surface area contributed by atoms with Crippen LogP contribution in [0.1, 0.15) is 48.1 Å². The predicted octanol–water partition coefficient (Wildman–Crippen LogP) is 5.63. The van der Waals surface area contributed by atoms with Gasteiger partial charge in [-0.25, -0.2) is 13.4 Å². The van der Waals surface area contributed by atoms with Crippen molar-refractivity contribution < 1.29 is 8.42 Å². The SMILES string of the molecule is CCS(=O)(=O)c1ccc(Cc2nc3c([nH]2)C=C(Cl)C(c2ccccc2)C3(C)Cl)cc1. The third kappa shape index (κ3) is 3.82. The second-order valence-electron chi connectivity index (χ2n) is 7.62. The first-order valence-corrected chi connectivity index (χ1v) is 12.1. The zero-order chi connectivity index (χ0) is 21.5. The van der Waals surface area contributed by atoms with Gasteiger partial charge in [0.2, 0.25) is 0 Å². The number of benzene rings is 2.